The van der Waals surface area contributed by atoms with Gasteiger partial charge in [0.15, 0.2) is 0 Å². The van der Waals surface area contributed by atoms with E-state index < -0.39 is 0 Å². The van der Waals surface area contributed by atoms with Crippen LogP contribution in [0.15, 0.2) is 42.5 Å². The van der Waals surface area contributed by atoms with E-state index >= 15 is 0 Å². The van der Waals surface area contributed by atoms with Crippen molar-refractivity contribution in [3.8, 4) is 11.1 Å². The number of rotatable bonds is 1. The second kappa shape index (κ2) is 3.84. The smallest absolute Gasteiger partial charge is 0.0131 e. The fraction of sp³-hybridized carbons (Fsp3) is 0.167. The van der Waals surface area contributed by atoms with Gasteiger partial charge in [0, 0.05) is 6.42 Å². The molecular formula is C18H15. The van der Waals surface area contributed by atoms with E-state index in [1.54, 1.807) is 11.1 Å². The van der Waals surface area contributed by atoms with Crippen LogP contribution in [0.1, 0.15) is 28.7 Å². The molecule has 2 aliphatic carbocycles. The molecule has 0 fully saturated rings. The summed E-state index contributed by atoms with van der Waals surface area (Å²) in [6.45, 7) is 0. The molecule has 0 nitrogen and oxygen atoms in total. The first kappa shape index (κ1) is 10.1. The number of benzene rings is 2. The molecule has 18 heavy (non-hydrogen) atoms. The maximum atomic E-state index is 2.39. The molecule has 4 rings (SSSR count). The van der Waals surface area contributed by atoms with Gasteiger partial charge in [-0.15, -0.1) is 0 Å². The van der Waals surface area contributed by atoms with Crippen molar-refractivity contribution in [1.29, 1.82) is 0 Å². The number of aryl methyl sites for hydroxylation is 1. The number of allylic oxidation sites excluding steroid dienone is 1. The fourth-order valence-corrected chi connectivity index (χ4v) is 3.28. The minimum atomic E-state index is 1.24. The summed E-state index contributed by atoms with van der Waals surface area (Å²) in [4.78, 5) is 0. The Kier molecular flexibility index (Phi) is 2.16. The van der Waals surface area contributed by atoms with Gasteiger partial charge in [0.1, 0.15) is 0 Å². The van der Waals surface area contributed by atoms with Crippen molar-refractivity contribution in [1.82, 2.24) is 0 Å². The van der Waals surface area contributed by atoms with Gasteiger partial charge < -0.3 is 0 Å². The molecule has 0 aromatic heterocycles. The van der Waals surface area contributed by atoms with Crippen LogP contribution in [-0.4, -0.2) is 0 Å². The summed E-state index contributed by atoms with van der Waals surface area (Å²) >= 11 is 0. The third kappa shape index (κ3) is 1.38. The van der Waals surface area contributed by atoms with Gasteiger partial charge in [0.25, 0.3) is 0 Å². The minimum absolute atomic E-state index is 1.24. The lowest BCUT2D eigenvalue weighted by Crippen LogP contribution is -1.95. The molecule has 2 aromatic carbocycles. The van der Waals surface area contributed by atoms with Crippen molar-refractivity contribution in [2.24, 2.45) is 0 Å². The highest BCUT2D eigenvalue weighted by atomic mass is 14.3. The van der Waals surface area contributed by atoms with E-state index in [-0.39, 0.29) is 0 Å². The monoisotopic (exact) mass is 231 g/mol. The van der Waals surface area contributed by atoms with Gasteiger partial charge in [-0.1, -0.05) is 48.6 Å². The number of hydrogen-bond donors (Lipinski definition) is 0. The zero-order valence-electron chi connectivity index (χ0n) is 10.3. The Hall–Kier alpha value is -1.82. The van der Waals surface area contributed by atoms with E-state index in [2.05, 4.69) is 55.0 Å². The molecule has 0 saturated heterocycles. The van der Waals surface area contributed by atoms with Gasteiger partial charge in [0.2, 0.25) is 0 Å². The minimum Gasteiger partial charge on any atom is -0.0754 e. The average molecular weight is 231 g/mol. The molecule has 0 amide bonds. The molecule has 2 aromatic rings. The van der Waals surface area contributed by atoms with Crippen LogP contribution in [0.3, 0.4) is 0 Å². The van der Waals surface area contributed by atoms with Gasteiger partial charge in [-0.2, -0.15) is 0 Å². The Labute approximate surface area is 108 Å². The normalized spacial score (nSPS) is 15.8. The van der Waals surface area contributed by atoms with Crippen molar-refractivity contribution >= 4 is 6.08 Å². The van der Waals surface area contributed by atoms with Gasteiger partial charge in [-0.05, 0) is 52.6 Å². The van der Waals surface area contributed by atoms with Gasteiger partial charge >= 0.3 is 0 Å². The van der Waals surface area contributed by atoms with Gasteiger partial charge in [-0.25, -0.2) is 0 Å². The lowest BCUT2D eigenvalue weighted by atomic mass is 9.90. The molecule has 0 bridgehead atoms. The molecule has 0 heteroatoms. The van der Waals surface area contributed by atoms with Gasteiger partial charge in [0.05, 0.1) is 0 Å². The van der Waals surface area contributed by atoms with Crippen LogP contribution >= 0.6 is 0 Å². The first-order valence-electron chi connectivity index (χ1n) is 6.69. The first-order chi connectivity index (χ1) is 8.93. The predicted octanol–water partition coefficient (Wildman–Crippen LogP) is 4.42. The molecule has 0 aliphatic heterocycles. The highest BCUT2D eigenvalue weighted by Crippen LogP contribution is 2.40. The fourth-order valence-electron chi connectivity index (χ4n) is 3.28. The Morgan fingerprint density at radius 1 is 0.944 bits per heavy atom. The van der Waals surface area contributed by atoms with E-state index in [1.165, 1.54) is 41.5 Å². The summed E-state index contributed by atoms with van der Waals surface area (Å²) in [5.41, 5.74) is 8.81. The van der Waals surface area contributed by atoms with E-state index in [0.717, 1.165) is 0 Å². The van der Waals surface area contributed by atoms with Crippen LogP contribution in [0.25, 0.3) is 17.2 Å². The van der Waals surface area contributed by atoms with Crippen molar-refractivity contribution < 1.29 is 0 Å². The lowest BCUT2D eigenvalue weighted by molar-refractivity contribution is 0.912. The molecule has 87 valence electrons. The molecule has 1 radical (unpaired) electrons. The quantitative estimate of drug-likeness (QED) is 0.681. The van der Waals surface area contributed by atoms with Crippen LogP contribution in [0.2, 0.25) is 0 Å². The molecule has 0 unspecified atom stereocenters. The standard InChI is InChI=1S/C18H15/c1-2-6-13(7-3-1)18-16-10-4-8-14(16)12-15-9-5-11-17(15)18/h1-4,6-8,10,12H,5,9,11H2. The van der Waals surface area contributed by atoms with E-state index in [4.69, 9.17) is 0 Å². The molecule has 0 N–H and O–H groups in total. The third-order valence-electron chi connectivity index (χ3n) is 4.07. The molecular weight excluding hydrogens is 216 g/mol. The van der Waals surface area contributed by atoms with E-state index in [1.807, 2.05) is 0 Å². The maximum Gasteiger partial charge on any atom is 0.0131 e. The van der Waals surface area contributed by atoms with Crippen LogP contribution in [0, 0.1) is 6.42 Å². The summed E-state index contributed by atoms with van der Waals surface area (Å²) in [5, 5.41) is 0. The first-order valence-corrected chi connectivity index (χ1v) is 6.69. The lowest BCUT2D eigenvalue weighted by Gasteiger charge is -2.14. The summed E-state index contributed by atoms with van der Waals surface area (Å²) < 4.78 is 0. The zero-order chi connectivity index (χ0) is 11.9. The highest BCUT2D eigenvalue weighted by Gasteiger charge is 2.22. The second-order valence-corrected chi connectivity index (χ2v) is 5.14. The van der Waals surface area contributed by atoms with Crippen LogP contribution in [0.5, 0.6) is 0 Å². The second-order valence-electron chi connectivity index (χ2n) is 5.14. The Balaban J connectivity index is 2.04. The average Bonchev–Trinajstić information content (AvgIpc) is 3.04. The summed E-state index contributed by atoms with van der Waals surface area (Å²) in [5.74, 6) is 0. The topological polar surface area (TPSA) is 0 Å². The highest BCUT2D eigenvalue weighted by molar-refractivity contribution is 5.85. The Morgan fingerprint density at radius 2 is 1.83 bits per heavy atom. The third-order valence-corrected chi connectivity index (χ3v) is 4.07. The Bertz CT molecular complexity index is 632. The largest absolute Gasteiger partial charge is 0.0754 e. The van der Waals surface area contributed by atoms with Crippen molar-refractivity contribution in [2.45, 2.75) is 19.3 Å². The van der Waals surface area contributed by atoms with Crippen LogP contribution < -0.4 is 0 Å². The van der Waals surface area contributed by atoms with Crippen LogP contribution in [-0.2, 0) is 12.8 Å². The predicted molar refractivity (Wildman–Crippen MR) is 76.3 cm³/mol. The SMILES string of the molecule is [CH]1C=Cc2c1cc1c(c2-c2ccccc2)CCC1. The summed E-state index contributed by atoms with van der Waals surface area (Å²) in [7, 11) is 0. The van der Waals surface area contributed by atoms with Crippen LogP contribution in [0.4, 0.5) is 0 Å². The summed E-state index contributed by atoms with van der Waals surface area (Å²) in [6, 6.07) is 13.2. The number of fused-ring (bicyclic) bond motifs is 2. The maximum absolute atomic E-state index is 2.39. The van der Waals surface area contributed by atoms with Gasteiger partial charge in [-0.3, -0.25) is 0 Å². The molecule has 0 spiro atoms. The molecule has 0 saturated carbocycles. The number of hydrogen-bond acceptors (Lipinski definition) is 0. The van der Waals surface area contributed by atoms with Crippen molar-refractivity contribution in [3.63, 3.8) is 0 Å². The summed E-state index contributed by atoms with van der Waals surface area (Å²) in [6.07, 6.45) is 10.5. The van der Waals surface area contributed by atoms with Crippen molar-refractivity contribution in [3.05, 3.63) is 71.1 Å². The molecule has 0 atom stereocenters. The van der Waals surface area contributed by atoms with E-state index in [0.29, 0.717) is 0 Å². The molecule has 2 aliphatic rings. The van der Waals surface area contributed by atoms with E-state index in [9.17, 15) is 0 Å². The Morgan fingerprint density at radius 3 is 2.72 bits per heavy atom. The zero-order valence-corrected chi connectivity index (χ0v) is 10.3. The molecule has 0 heterocycles. The van der Waals surface area contributed by atoms with Crippen molar-refractivity contribution in [2.75, 3.05) is 0 Å².